The van der Waals surface area contributed by atoms with Crippen LogP contribution in [0.4, 0.5) is 0 Å². The molecule has 0 bridgehead atoms. The highest BCUT2D eigenvalue weighted by Crippen LogP contribution is 2.18. The monoisotopic (exact) mass is 177 g/mol. The van der Waals surface area contributed by atoms with Crippen molar-refractivity contribution in [3.05, 3.63) is 34.9 Å². The van der Waals surface area contributed by atoms with Crippen molar-refractivity contribution in [3.63, 3.8) is 0 Å². The second-order valence-corrected chi connectivity index (χ2v) is 2.89. The number of hydrogen-bond acceptors (Lipinski definition) is 1. The van der Waals surface area contributed by atoms with E-state index in [0.29, 0.717) is 0 Å². The van der Waals surface area contributed by atoms with Gasteiger partial charge in [-0.3, -0.25) is 0 Å². The molecule has 0 radical (unpaired) electrons. The summed E-state index contributed by atoms with van der Waals surface area (Å²) in [6.07, 6.45) is 7.81. The van der Waals surface area contributed by atoms with Crippen LogP contribution in [0.25, 0.3) is 0 Å². The molecule has 0 amide bonds. The topological polar surface area (TPSA) is 12.0 Å². The maximum Gasteiger partial charge on any atom is 0.0889 e. The van der Waals surface area contributed by atoms with Crippen molar-refractivity contribution in [1.29, 1.82) is 0 Å². The van der Waals surface area contributed by atoms with Crippen LogP contribution in [0, 0.1) is 0 Å². The van der Waals surface area contributed by atoms with E-state index >= 15 is 0 Å². The Kier molecular flexibility index (Phi) is 4.18. The third-order valence-corrected chi connectivity index (χ3v) is 2.06. The predicted molar refractivity (Wildman–Crippen MR) is 58.5 cm³/mol. The van der Waals surface area contributed by atoms with E-state index in [1.807, 2.05) is 19.9 Å². The van der Waals surface area contributed by atoms with Crippen molar-refractivity contribution in [2.75, 3.05) is 6.54 Å². The lowest BCUT2D eigenvalue weighted by Crippen LogP contribution is -2.12. The summed E-state index contributed by atoms with van der Waals surface area (Å²) in [4.78, 5) is 0. The molecular weight excluding hydrogens is 158 g/mol. The summed E-state index contributed by atoms with van der Waals surface area (Å²) in [5.74, 6) is 0. The predicted octanol–water partition coefficient (Wildman–Crippen LogP) is 3.17. The maximum absolute atomic E-state index is 3.34. The van der Waals surface area contributed by atoms with Crippen molar-refractivity contribution in [3.8, 4) is 0 Å². The largest absolute Gasteiger partial charge is 0.378 e. The summed E-state index contributed by atoms with van der Waals surface area (Å²) in [7, 11) is 0. The molecule has 1 aliphatic carbocycles. The molecule has 0 aromatic rings. The quantitative estimate of drug-likeness (QED) is 0.560. The molecule has 72 valence electrons. The summed E-state index contributed by atoms with van der Waals surface area (Å²) in [5, 5.41) is 3.34. The summed E-state index contributed by atoms with van der Waals surface area (Å²) in [5.41, 5.74) is 8.60. The first-order chi connectivity index (χ1) is 6.47. The fraction of sp³-hybridized carbons (Fsp3) is 0.500. The van der Waals surface area contributed by atoms with Crippen LogP contribution in [0.3, 0.4) is 0 Å². The minimum Gasteiger partial charge on any atom is -0.378 e. The highest BCUT2D eigenvalue weighted by Gasteiger charge is 2.08. The number of fused-ring (bicyclic) bond motifs is 1. The first kappa shape index (κ1) is 9.92. The van der Waals surface area contributed by atoms with Gasteiger partial charge in [-0.1, -0.05) is 19.6 Å². The van der Waals surface area contributed by atoms with Gasteiger partial charge in [-0.05, 0) is 42.7 Å². The molecule has 1 aliphatic heterocycles. The fourth-order valence-electron chi connectivity index (χ4n) is 1.44. The summed E-state index contributed by atoms with van der Waals surface area (Å²) < 4.78 is 0. The third-order valence-electron chi connectivity index (χ3n) is 2.06. The molecule has 1 fully saturated rings. The molecule has 1 heterocycles. The molecule has 0 aromatic carbocycles. The minimum atomic E-state index is 0. The Morgan fingerprint density at radius 1 is 1.38 bits per heavy atom. The van der Waals surface area contributed by atoms with Gasteiger partial charge in [0.1, 0.15) is 0 Å². The molecule has 2 aliphatic rings. The Balaban J connectivity index is 0.000000531. The minimum absolute atomic E-state index is 0. The van der Waals surface area contributed by atoms with Crippen molar-refractivity contribution in [2.24, 2.45) is 0 Å². The third kappa shape index (κ3) is 2.66. The molecule has 1 heteroatoms. The first-order valence-electron chi connectivity index (χ1n) is 5.12. The molecule has 0 spiro atoms. The van der Waals surface area contributed by atoms with Crippen LogP contribution >= 0.6 is 0 Å². The average Bonchev–Trinajstić information content (AvgIpc) is 2.45. The van der Waals surface area contributed by atoms with Gasteiger partial charge >= 0.3 is 0 Å². The second-order valence-electron chi connectivity index (χ2n) is 2.89. The standard InChI is InChI=1S/C10H11N.C2H6.H2/c1-2-7-10-9(5-1)6-3-4-8-11-10;1-2;/h1,5,11H,3-4,6,8H2;1-2H3;1H. The lowest BCUT2D eigenvalue weighted by Gasteiger charge is -2.06. The van der Waals surface area contributed by atoms with E-state index in [1.165, 1.54) is 24.8 Å². The van der Waals surface area contributed by atoms with E-state index in [2.05, 4.69) is 22.9 Å². The van der Waals surface area contributed by atoms with Gasteiger partial charge in [0.25, 0.3) is 0 Å². The van der Waals surface area contributed by atoms with E-state index < -0.39 is 0 Å². The van der Waals surface area contributed by atoms with E-state index in [9.17, 15) is 0 Å². The summed E-state index contributed by atoms with van der Waals surface area (Å²) in [6.45, 7) is 5.08. The summed E-state index contributed by atoms with van der Waals surface area (Å²) >= 11 is 0. The SMILES string of the molecule is C1=C=C2NCCCCC2=CC=1.CC.[HH]. The first-order valence-corrected chi connectivity index (χ1v) is 5.12. The van der Waals surface area contributed by atoms with Crippen molar-refractivity contribution in [1.82, 2.24) is 5.32 Å². The molecule has 0 unspecified atom stereocenters. The van der Waals surface area contributed by atoms with Gasteiger partial charge < -0.3 is 5.32 Å². The Labute approximate surface area is 82.0 Å². The molecular formula is C12H19N. The number of rotatable bonds is 0. The highest BCUT2D eigenvalue weighted by atomic mass is 14.9. The molecule has 2 rings (SSSR count). The van der Waals surface area contributed by atoms with Gasteiger partial charge in [0.2, 0.25) is 0 Å². The highest BCUT2D eigenvalue weighted by molar-refractivity contribution is 5.35. The Morgan fingerprint density at radius 2 is 2.23 bits per heavy atom. The molecule has 0 aromatic heterocycles. The fourth-order valence-corrected chi connectivity index (χ4v) is 1.44. The molecule has 1 nitrogen and oxygen atoms in total. The Bertz CT molecular complexity index is 289. The van der Waals surface area contributed by atoms with Crippen molar-refractivity contribution >= 4 is 0 Å². The van der Waals surface area contributed by atoms with Gasteiger partial charge in [-0.2, -0.15) is 0 Å². The zero-order valence-electron chi connectivity index (χ0n) is 8.48. The number of hydrogen-bond donors (Lipinski definition) is 1. The molecule has 0 saturated carbocycles. The lowest BCUT2D eigenvalue weighted by atomic mass is 10.1. The van der Waals surface area contributed by atoms with E-state index in [1.54, 1.807) is 0 Å². The van der Waals surface area contributed by atoms with E-state index in [0.717, 1.165) is 12.2 Å². The maximum atomic E-state index is 3.34. The van der Waals surface area contributed by atoms with Crippen LogP contribution in [-0.2, 0) is 0 Å². The van der Waals surface area contributed by atoms with Crippen LogP contribution in [0.1, 0.15) is 34.5 Å². The number of allylic oxidation sites excluding steroid dienone is 3. The molecule has 0 atom stereocenters. The number of nitrogens with one attached hydrogen (secondary N) is 1. The zero-order chi connectivity index (χ0) is 9.52. The molecule has 1 N–H and O–H groups in total. The van der Waals surface area contributed by atoms with Gasteiger partial charge in [-0.25, -0.2) is 0 Å². The van der Waals surface area contributed by atoms with Crippen molar-refractivity contribution in [2.45, 2.75) is 33.1 Å². The van der Waals surface area contributed by atoms with Crippen LogP contribution in [-0.4, -0.2) is 6.54 Å². The average molecular weight is 177 g/mol. The van der Waals surface area contributed by atoms with Gasteiger partial charge in [0.05, 0.1) is 5.70 Å². The van der Waals surface area contributed by atoms with Crippen LogP contribution in [0.15, 0.2) is 34.9 Å². The van der Waals surface area contributed by atoms with Crippen LogP contribution in [0.2, 0.25) is 0 Å². The van der Waals surface area contributed by atoms with E-state index in [-0.39, 0.29) is 1.43 Å². The van der Waals surface area contributed by atoms with Gasteiger partial charge in [-0.15, -0.1) is 0 Å². The Morgan fingerprint density at radius 3 is 3.08 bits per heavy atom. The lowest BCUT2D eigenvalue weighted by molar-refractivity contribution is 0.732. The zero-order valence-corrected chi connectivity index (χ0v) is 8.48. The molecule has 13 heavy (non-hydrogen) atoms. The summed E-state index contributed by atoms with van der Waals surface area (Å²) in [6, 6.07) is 0. The van der Waals surface area contributed by atoms with Gasteiger partial charge in [0, 0.05) is 7.97 Å². The molecule has 1 saturated heterocycles. The normalized spacial score (nSPS) is 18.3. The smallest absolute Gasteiger partial charge is 0.0889 e. The van der Waals surface area contributed by atoms with Crippen molar-refractivity contribution < 1.29 is 1.43 Å². The Hall–Kier alpha value is -1.16. The van der Waals surface area contributed by atoms with Crippen LogP contribution in [0.5, 0.6) is 0 Å². The van der Waals surface area contributed by atoms with Crippen LogP contribution < -0.4 is 5.32 Å². The van der Waals surface area contributed by atoms with Gasteiger partial charge in [0.15, 0.2) is 0 Å². The van der Waals surface area contributed by atoms with E-state index in [4.69, 9.17) is 0 Å². The second kappa shape index (κ2) is 5.48.